The lowest BCUT2D eigenvalue weighted by Crippen LogP contribution is -2.53. The summed E-state index contributed by atoms with van der Waals surface area (Å²) < 4.78 is 0. The van der Waals surface area contributed by atoms with E-state index in [4.69, 9.17) is 165 Å². The molecule has 9 rings (SSSR count). The lowest BCUT2D eigenvalue weighted by atomic mass is 9.55. The highest BCUT2D eigenvalue weighted by atomic mass is 14.3. The molecule has 0 aromatic heterocycles. The maximum Gasteiger partial charge on any atom is 0.113 e. The van der Waals surface area contributed by atoms with Gasteiger partial charge in [0.1, 0.15) is 165 Å². The van der Waals surface area contributed by atoms with Gasteiger partial charge in [-0.25, -0.2) is 0 Å². The van der Waals surface area contributed by atoms with E-state index >= 15 is 0 Å². The van der Waals surface area contributed by atoms with E-state index in [1.54, 1.807) is 0 Å². The van der Waals surface area contributed by atoms with E-state index in [1.165, 1.54) is 0 Å². The van der Waals surface area contributed by atoms with Crippen LogP contribution >= 0.6 is 0 Å². The van der Waals surface area contributed by atoms with Crippen LogP contribution in [0.25, 0.3) is 87.2 Å². The van der Waals surface area contributed by atoms with E-state index in [1.807, 2.05) is 42.5 Å². The molecule has 0 aliphatic heterocycles. The minimum absolute atomic E-state index is 0.0224. The molecule has 0 saturated heterocycles. The molecule has 21 heteroatoms. The van der Waals surface area contributed by atoms with Gasteiger partial charge >= 0.3 is 0 Å². The standard InChI is InChI=1S/C44H7B21/c45-24-17(18-20(32(53)42(63)41(62)31(18)52)19(25(24)46)21-22-23(34(55)36(57)30(21)51)35(56)44(65)43(64)33(22)54)12-15-13(26(47)37(58)39(60)28(15)49)11(10-6-5-8-3-1-2-4-9(8)7-10)14-16(12)29(50)40(61)38(59)27(14)48/h1-7H. The van der Waals surface area contributed by atoms with Crippen LogP contribution in [0.1, 0.15) is 0 Å². The lowest BCUT2D eigenvalue weighted by molar-refractivity contribution is 1.73. The van der Waals surface area contributed by atoms with Gasteiger partial charge in [0.2, 0.25) is 0 Å². The summed E-state index contributed by atoms with van der Waals surface area (Å²) in [4.78, 5) is 0. The van der Waals surface area contributed by atoms with Crippen molar-refractivity contribution in [1.82, 2.24) is 0 Å². The van der Waals surface area contributed by atoms with E-state index in [-0.39, 0.29) is 180 Å². The number of rotatable bonds is 3. The van der Waals surface area contributed by atoms with Crippen molar-refractivity contribution in [2.45, 2.75) is 0 Å². The Hall–Kier alpha value is -4.36. The quantitative estimate of drug-likeness (QED) is 0.124. The van der Waals surface area contributed by atoms with Crippen molar-refractivity contribution in [3.63, 3.8) is 0 Å². The largest absolute Gasteiger partial charge is 0.113 e. The van der Waals surface area contributed by atoms with Gasteiger partial charge in [-0.15, -0.1) is 49.2 Å². The van der Waals surface area contributed by atoms with Crippen molar-refractivity contribution >= 4 is 333 Å². The summed E-state index contributed by atoms with van der Waals surface area (Å²) in [5.41, 5.74) is -0.221. The molecular weight excluding hydrogens is 756 g/mol. The van der Waals surface area contributed by atoms with E-state index in [2.05, 4.69) is 0 Å². The Morgan fingerprint density at radius 1 is 0.185 bits per heavy atom. The first-order chi connectivity index (χ1) is 30.6. The molecule has 65 heavy (non-hydrogen) atoms. The molecule has 0 N–H and O–H groups in total. The molecule has 0 aliphatic rings. The van der Waals surface area contributed by atoms with Crippen LogP contribution in [-0.4, -0.2) is 165 Å². The van der Waals surface area contributed by atoms with Gasteiger partial charge in [0, 0.05) is 0 Å². The van der Waals surface area contributed by atoms with Crippen LogP contribution in [0.5, 0.6) is 0 Å². The summed E-state index contributed by atoms with van der Waals surface area (Å²) in [7, 11) is 143. The molecule has 246 valence electrons. The second kappa shape index (κ2) is 15.9. The first kappa shape index (κ1) is 45.8. The maximum atomic E-state index is 7.37. The summed E-state index contributed by atoms with van der Waals surface area (Å²) in [6.07, 6.45) is 0. The molecule has 0 unspecified atom stereocenters. The van der Waals surface area contributed by atoms with Crippen LogP contribution in [0.3, 0.4) is 0 Å². The first-order valence-corrected chi connectivity index (χ1v) is 19.6. The highest BCUT2D eigenvalue weighted by molar-refractivity contribution is 6.76. The van der Waals surface area contributed by atoms with Gasteiger partial charge in [0.05, 0.1) is 0 Å². The molecule has 9 aromatic rings. The summed E-state index contributed by atoms with van der Waals surface area (Å²) >= 11 is 0. The fourth-order valence-corrected chi connectivity index (χ4v) is 9.41. The molecule has 0 atom stereocenters. The molecule has 0 aliphatic carbocycles. The number of fused-ring (bicyclic) bond motifs is 5. The van der Waals surface area contributed by atoms with Crippen LogP contribution in [0, 0.1) is 0 Å². The van der Waals surface area contributed by atoms with Gasteiger partial charge < -0.3 is 0 Å². The molecule has 0 bridgehead atoms. The zero-order valence-corrected chi connectivity index (χ0v) is 34.7. The summed E-state index contributed by atoms with van der Waals surface area (Å²) in [5, 5.41) is 3.13. The van der Waals surface area contributed by atoms with Gasteiger partial charge in [-0.1, -0.05) is 102 Å². The number of hydrogen-bond donors (Lipinski definition) is 0. The van der Waals surface area contributed by atoms with Crippen LogP contribution < -0.4 is 115 Å². The van der Waals surface area contributed by atoms with Crippen LogP contribution in [0.15, 0.2) is 42.5 Å². The average molecular weight is 763 g/mol. The van der Waals surface area contributed by atoms with Crippen LogP contribution in [0.2, 0.25) is 0 Å². The van der Waals surface area contributed by atoms with E-state index < -0.39 is 0 Å². The van der Waals surface area contributed by atoms with Gasteiger partial charge in [0.15, 0.2) is 0 Å². The fourth-order valence-electron chi connectivity index (χ4n) is 9.41. The smallest absolute Gasteiger partial charge is 0.110 e. The molecule has 0 fully saturated rings. The maximum absolute atomic E-state index is 7.37. The Labute approximate surface area is 406 Å². The Kier molecular flexibility index (Phi) is 11.2. The van der Waals surface area contributed by atoms with Crippen LogP contribution in [0.4, 0.5) is 0 Å². The van der Waals surface area contributed by atoms with E-state index in [0.29, 0.717) is 11.1 Å². The predicted octanol–water partition coefficient (Wildman–Crippen LogP) is -12.9. The minimum atomic E-state index is -0.168. The van der Waals surface area contributed by atoms with Crippen molar-refractivity contribution in [2.75, 3.05) is 0 Å². The van der Waals surface area contributed by atoms with Gasteiger partial charge in [0.25, 0.3) is 0 Å². The molecule has 9 aromatic carbocycles. The molecule has 0 heterocycles. The molecule has 0 nitrogen and oxygen atoms in total. The summed E-state index contributed by atoms with van der Waals surface area (Å²) in [6.45, 7) is 0. The topological polar surface area (TPSA) is 0 Å². The minimum Gasteiger partial charge on any atom is -0.110 e. The lowest BCUT2D eigenvalue weighted by Gasteiger charge is -2.33. The number of benzene rings is 9. The van der Waals surface area contributed by atoms with Gasteiger partial charge in [-0.3, -0.25) is 0 Å². The predicted molar refractivity (Wildman–Crippen MR) is 303 cm³/mol. The van der Waals surface area contributed by atoms with Gasteiger partial charge in [-0.05, 0) is 93.3 Å². The summed E-state index contributed by atoms with van der Waals surface area (Å²) in [6, 6.07) is 13.5. The Morgan fingerprint density at radius 3 is 0.800 bits per heavy atom. The highest BCUT2D eigenvalue weighted by Crippen LogP contribution is 2.43. The number of hydrogen-bond acceptors (Lipinski definition) is 0. The summed E-state index contributed by atoms with van der Waals surface area (Å²) in [5.74, 6) is 0. The zero-order valence-electron chi connectivity index (χ0n) is 34.7. The van der Waals surface area contributed by atoms with Crippen molar-refractivity contribution in [1.29, 1.82) is 0 Å². The third-order valence-electron chi connectivity index (χ3n) is 12.9. The monoisotopic (exact) mass is 766 g/mol. The van der Waals surface area contributed by atoms with E-state index in [9.17, 15) is 0 Å². The zero-order chi connectivity index (χ0) is 47.3. The second-order valence-corrected chi connectivity index (χ2v) is 16.1. The van der Waals surface area contributed by atoms with Gasteiger partial charge in [-0.2, -0.15) is 0 Å². The molecule has 0 amide bonds. The second-order valence-electron chi connectivity index (χ2n) is 16.1. The average Bonchev–Trinajstić information content (AvgIpc) is 3.29. The van der Waals surface area contributed by atoms with Crippen molar-refractivity contribution < 1.29 is 0 Å². The molecule has 0 spiro atoms. The van der Waals surface area contributed by atoms with E-state index in [0.717, 1.165) is 10.8 Å². The van der Waals surface area contributed by atoms with Crippen LogP contribution in [-0.2, 0) is 0 Å². The third kappa shape index (κ3) is 6.14. The van der Waals surface area contributed by atoms with Crippen molar-refractivity contribution in [3.8, 4) is 33.4 Å². The van der Waals surface area contributed by atoms with Crippen molar-refractivity contribution in [3.05, 3.63) is 42.5 Å². The normalized spacial score (nSPS) is 11.8. The molecule has 42 radical (unpaired) electrons. The SMILES string of the molecule is [B]c1c([B])c([B])c2c(-c3c([B])c([B])c(-c4c5c([B])c([B])c([B])c([B])c5c(-c5ccc6ccccc6c5)c5c([B])c([B])c([B])c([B])c45)c4c([B])c([B])c([B])c([B])c34)c([B])c([B])c([B])c2c1[B]. The molecular formula is C44H7B21. The third-order valence-corrected chi connectivity index (χ3v) is 12.9. The van der Waals surface area contributed by atoms with Crippen molar-refractivity contribution in [2.24, 2.45) is 0 Å². The Morgan fingerprint density at radius 2 is 0.431 bits per heavy atom. The Balaban J connectivity index is 1.64. The molecule has 0 saturated carbocycles. The first-order valence-electron chi connectivity index (χ1n) is 19.6. The Bertz CT molecular complexity index is 3640. The fraction of sp³-hybridized carbons (Fsp3) is 0. The highest BCUT2D eigenvalue weighted by Gasteiger charge is 2.30.